The smallest absolute Gasteiger partial charge is 0.165 e. The van der Waals surface area contributed by atoms with Gasteiger partial charge in [-0.05, 0) is 24.7 Å². The van der Waals surface area contributed by atoms with Gasteiger partial charge in [0.2, 0.25) is 0 Å². The van der Waals surface area contributed by atoms with Crippen LogP contribution >= 0.6 is 23.2 Å². The van der Waals surface area contributed by atoms with Crippen molar-refractivity contribution in [2.45, 2.75) is 6.54 Å². The molecule has 1 rings (SSSR count). The number of ether oxygens (including phenoxy) is 1. The minimum absolute atomic E-state index is 0.0628. The topological polar surface area (TPSA) is 21.3 Å². The summed E-state index contributed by atoms with van der Waals surface area (Å²) in [6.45, 7) is 0.674. The van der Waals surface area contributed by atoms with Crippen LogP contribution in [0.1, 0.15) is 5.56 Å². The molecule has 0 aromatic heterocycles. The third-order valence-electron chi connectivity index (χ3n) is 1.86. The fourth-order valence-electron chi connectivity index (χ4n) is 1.15. The lowest BCUT2D eigenvalue weighted by Crippen LogP contribution is -2.06. The van der Waals surface area contributed by atoms with E-state index in [1.807, 2.05) is 0 Å². The maximum absolute atomic E-state index is 13.5. The maximum Gasteiger partial charge on any atom is 0.165 e. The molecule has 1 N–H and O–H groups in total. The second-order valence-electron chi connectivity index (χ2n) is 3.14. The Bertz CT molecular complexity index is 382. The van der Waals surface area contributed by atoms with E-state index in [1.165, 1.54) is 11.6 Å². The fourth-order valence-corrected chi connectivity index (χ4v) is 1.27. The molecule has 0 radical (unpaired) electrons. The minimum Gasteiger partial charge on any atom is -0.485 e. The number of hydrogen-bond acceptors (Lipinski definition) is 2. The van der Waals surface area contributed by atoms with Crippen LogP contribution in [0, 0.1) is 5.82 Å². The van der Waals surface area contributed by atoms with Gasteiger partial charge in [-0.1, -0.05) is 29.3 Å². The quantitative estimate of drug-likeness (QED) is 0.881. The number of benzene rings is 1. The molecular weight excluding hydrogens is 252 g/mol. The zero-order chi connectivity index (χ0) is 12.0. The van der Waals surface area contributed by atoms with Crippen LogP contribution in [0.25, 0.3) is 0 Å². The van der Waals surface area contributed by atoms with Crippen LogP contribution in [0.2, 0.25) is 0 Å². The van der Waals surface area contributed by atoms with Crippen molar-refractivity contribution in [3.63, 3.8) is 0 Å². The summed E-state index contributed by atoms with van der Waals surface area (Å²) in [6.07, 6.45) is 0. The van der Waals surface area contributed by atoms with E-state index in [1.54, 1.807) is 19.2 Å². The molecule has 2 nitrogen and oxygen atoms in total. The van der Waals surface area contributed by atoms with Gasteiger partial charge in [0.25, 0.3) is 0 Å². The van der Waals surface area contributed by atoms with Gasteiger partial charge in [-0.15, -0.1) is 0 Å². The second-order valence-corrected chi connectivity index (χ2v) is 3.84. The summed E-state index contributed by atoms with van der Waals surface area (Å²) in [6, 6.07) is 4.78. The zero-order valence-electron chi connectivity index (χ0n) is 8.77. The molecule has 0 saturated carbocycles. The van der Waals surface area contributed by atoms with E-state index < -0.39 is 5.82 Å². The normalized spacial score (nSPS) is 11.6. The molecule has 0 amide bonds. The molecule has 0 aliphatic rings. The van der Waals surface area contributed by atoms with Gasteiger partial charge < -0.3 is 10.1 Å². The van der Waals surface area contributed by atoms with E-state index in [9.17, 15) is 4.39 Å². The van der Waals surface area contributed by atoms with Crippen LogP contribution in [0.5, 0.6) is 5.75 Å². The van der Waals surface area contributed by atoms with Crippen LogP contribution < -0.4 is 10.1 Å². The van der Waals surface area contributed by atoms with E-state index in [0.29, 0.717) is 11.6 Å². The van der Waals surface area contributed by atoms with Crippen LogP contribution in [-0.4, -0.2) is 13.7 Å². The lowest BCUT2D eigenvalue weighted by molar-refractivity contribution is 0.338. The molecule has 0 aliphatic heterocycles. The van der Waals surface area contributed by atoms with Gasteiger partial charge in [-0.2, -0.15) is 0 Å². The van der Waals surface area contributed by atoms with Crippen molar-refractivity contribution < 1.29 is 9.13 Å². The van der Waals surface area contributed by atoms with E-state index in [2.05, 4.69) is 5.32 Å². The number of rotatable bonds is 5. The molecule has 0 aliphatic carbocycles. The Balaban J connectivity index is 2.67. The van der Waals surface area contributed by atoms with Crippen LogP contribution in [0.4, 0.5) is 4.39 Å². The van der Waals surface area contributed by atoms with Crippen molar-refractivity contribution in [3.05, 3.63) is 40.1 Å². The second kappa shape index (κ2) is 6.74. The van der Waals surface area contributed by atoms with Crippen molar-refractivity contribution in [1.82, 2.24) is 5.32 Å². The molecule has 0 heterocycles. The minimum atomic E-state index is -0.410. The predicted molar refractivity (Wildman–Crippen MR) is 64.4 cm³/mol. The van der Waals surface area contributed by atoms with Crippen LogP contribution in [-0.2, 0) is 6.54 Å². The number of halogens is 3. The number of hydrogen-bond donors (Lipinski definition) is 1. The molecule has 0 unspecified atom stereocenters. The van der Waals surface area contributed by atoms with E-state index in [0.717, 1.165) is 5.56 Å². The molecule has 0 fully saturated rings. The summed E-state index contributed by atoms with van der Waals surface area (Å²) < 4.78 is 18.6. The first-order chi connectivity index (χ1) is 7.67. The van der Waals surface area contributed by atoms with Crippen LogP contribution in [0.15, 0.2) is 28.8 Å². The first-order valence-corrected chi connectivity index (χ1v) is 5.49. The van der Waals surface area contributed by atoms with Crippen LogP contribution in [0.3, 0.4) is 0 Å². The highest BCUT2D eigenvalue weighted by atomic mass is 35.5. The highest BCUT2D eigenvalue weighted by molar-refractivity contribution is 6.36. The maximum atomic E-state index is 13.5. The third-order valence-corrected chi connectivity index (χ3v) is 2.45. The highest BCUT2D eigenvalue weighted by Gasteiger charge is 2.05. The Morgan fingerprint density at radius 2 is 2.31 bits per heavy atom. The van der Waals surface area contributed by atoms with E-state index in [-0.39, 0.29) is 12.4 Å². The lowest BCUT2D eigenvalue weighted by atomic mass is 10.2. The first-order valence-electron chi connectivity index (χ1n) is 4.68. The average Bonchev–Trinajstić information content (AvgIpc) is 2.28. The Labute approximate surface area is 104 Å². The average molecular weight is 264 g/mol. The molecule has 0 atom stereocenters. The van der Waals surface area contributed by atoms with Crippen molar-refractivity contribution in [1.29, 1.82) is 0 Å². The fraction of sp³-hybridized carbons (Fsp3) is 0.273. The Morgan fingerprint density at radius 1 is 1.56 bits per heavy atom. The van der Waals surface area contributed by atoms with Gasteiger partial charge >= 0.3 is 0 Å². The largest absolute Gasteiger partial charge is 0.485 e. The highest BCUT2D eigenvalue weighted by Crippen LogP contribution is 2.19. The lowest BCUT2D eigenvalue weighted by Gasteiger charge is -2.07. The van der Waals surface area contributed by atoms with Gasteiger partial charge in [-0.25, -0.2) is 4.39 Å². The SMILES string of the molecule is CNCc1ccc(OC/C(Cl)=C/Cl)c(F)c1. The van der Waals surface area contributed by atoms with Gasteiger partial charge in [0.15, 0.2) is 11.6 Å². The summed E-state index contributed by atoms with van der Waals surface area (Å²) in [5.74, 6) is -0.247. The molecule has 5 heteroatoms. The Kier molecular flexibility index (Phi) is 5.60. The predicted octanol–water partition coefficient (Wildman–Crippen LogP) is 3.24. The first kappa shape index (κ1) is 13.3. The molecule has 88 valence electrons. The molecule has 1 aromatic carbocycles. The van der Waals surface area contributed by atoms with Gasteiger partial charge in [0.1, 0.15) is 6.61 Å². The standard InChI is InChI=1S/C11H12Cl2FNO/c1-15-6-8-2-3-11(10(14)4-8)16-7-9(13)5-12/h2-5,15H,6-7H2,1H3/b9-5-. The zero-order valence-corrected chi connectivity index (χ0v) is 10.3. The van der Waals surface area contributed by atoms with E-state index >= 15 is 0 Å². The summed E-state index contributed by atoms with van der Waals surface area (Å²) in [5, 5.41) is 3.25. The Morgan fingerprint density at radius 3 is 2.88 bits per heavy atom. The van der Waals surface area contributed by atoms with Gasteiger partial charge in [-0.3, -0.25) is 0 Å². The molecule has 1 aromatic rings. The Hall–Kier alpha value is -0.770. The van der Waals surface area contributed by atoms with E-state index in [4.69, 9.17) is 27.9 Å². The van der Waals surface area contributed by atoms with Gasteiger partial charge in [0, 0.05) is 12.1 Å². The number of nitrogens with one attached hydrogen (secondary N) is 1. The van der Waals surface area contributed by atoms with Crippen molar-refractivity contribution in [3.8, 4) is 5.75 Å². The third kappa shape index (κ3) is 4.00. The molecule has 16 heavy (non-hydrogen) atoms. The molecular formula is C11H12Cl2FNO. The summed E-state index contributed by atoms with van der Waals surface area (Å²) in [7, 11) is 1.80. The summed E-state index contributed by atoms with van der Waals surface area (Å²) in [5.41, 5.74) is 2.04. The molecule has 0 bridgehead atoms. The van der Waals surface area contributed by atoms with Gasteiger partial charge in [0.05, 0.1) is 5.03 Å². The summed E-state index contributed by atoms with van der Waals surface area (Å²) >= 11 is 11.0. The molecule has 0 saturated heterocycles. The van der Waals surface area contributed by atoms with Crippen molar-refractivity contribution in [2.75, 3.05) is 13.7 Å². The monoisotopic (exact) mass is 263 g/mol. The van der Waals surface area contributed by atoms with Crippen molar-refractivity contribution in [2.24, 2.45) is 0 Å². The molecule has 0 spiro atoms. The summed E-state index contributed by atoms with van der Waals surface area (Å²) in [4.78, 5) is 0. The van der Waals surface area contributed by atoms with Crippen molar-refractivity contribution >= 4 is 23.2 Å².